The van der Waals surface area contributed by atoms with E-state index in [1.54, 1.807) is 11.3 Å². The minimum atomic E-state index is 0.281. The van der Waals surface area contributed by atoms with E-state index >= 15 is 0 Å². The average Bonchev–Trinajstić information content (AvgIpc) is 3.01. The highest BCUT2D eigenvalue weighted by atomic mass is 32.1. The monoisotopic (exact) mass is 298 g/mol. The highest BCUT2D eigenvalue weighted by molar-refractivity contribution is 7.13. The lowest BCUT2D eigenvalue weighted by Crippen LogP contribution is -2.03. The van der Waals surface area contributed by atoms with Gasteiger partial charge in [-0.3, -0.25) is 0 Å². The van der Waals surface area contributed by atoms with E-state index in [1.807, 2.05) is 36.5 Å². The highest BCUT2D eigenvalue weighted by Crippen LogP contribution is 2.26. The molecule has 1 aliphatic rings. The first-order valence-electron chi connectivity index (χ1n) is 6.82. The normalized spacial score (nSPS) is 16.9. The number of nitrogens with zero attached hydrogens (tertiary/aromatic N) is 1. The molecule has 0 bridgehead atoms. The van der Waals surface area contributed by atoms with Crippen molar-refractivity contribution in [3.8, 4) is 27.7 Å². The van der Waals surface area contributed by atoms with E-state index in [4.69, 9.17) is 9.47 Å². The number of aromatic nitrogens is 2. The van der Waals surface area contributed by atoms with Crippen molar-refractivity contribution < 1.29 is 9.47 Å². The zero-order valence-electron chi connectivity index (χ0n) is 11.3. The molecule has 0 amide bonds. The average molecular weight is 298 g/mol. The molecule has 1 aliphatic heterocycles. The molecule has 1 atom stereocenters. The number of aromatic amines is 1. The molecule has 3 heterocycles. The molecule has 21 heavy (non-hydrogen) atoms. The molecule has 106 valence electrons. The van der Waals surface area contributed by atoms with Crippen LogP contribution in [-0.4, -0.2) is 29.3 Å². The summed E-state index contributed by atoms with van der Waals surface area (Å²) >= 11 is 1.70. The highest BCUT2D eigenvalue weighted by Gasteiger charge is 2.22. The van der Waals surface area contributed by atoms with Gasteiger partial charge >= 0.3 is 0 Å². The number of epoxide rings is 1. The Balaban J connectivity index is 1.50. The fourth-order valence-corrected chi connectivity index (χ4v) is 2.78. The van der Waals surface area contributed by atoms with Crippen molar-refractivity contribution >= 4 is 11.3 Å². The molecule has 1 aromatic carbocycles. The maximum Gasteiger partial charge on any atom is 0.137 e. The molecule has 2 aromatic heterocycles. The fraction of sp³-hybridized carbons (Fsp3) is 0.188. The van der Waals surface area contributed by atoms with E-state index in [2.05, 4.69) is 21.4 Å². The molecule has 0 saturated carbocycles. The first-order chi connectivity index (χ1) is 10.4. The topological polar surface area (TPSA) is 50.4 Å². The Morgan fingerprint density at radius 3 is 2.86 bits per heavy atom. The number of rotatable bonds is 5. The van der Waals surface area contributed by atoms with Gasteiger partial charge in [-0.1, -0.05) is 6.07 Å². The van der Waals surface area contributed by atoms with Gasteiger partial charge in [0.1, 0.15) is 24.3 Å². The lowest BCUT2D eigenvalue weighted by atomic mass is 10.2. The van der Waals surface area contributed by atoms with Gasteiger partial charge in [-0.25, -0.2) is 4.98 Å². The van der Waals surface area contributed by atoms with E-state index in [0.717, 1.165) is 29.4 Å². The van der Waals surface area contributed by atoms with Gasteiger partial charge in [0, 0.05) is 5.56 Å². The number of nitrogens with one attached hydrogen (secondary N) is 1. The van der Waals surface area contributed by atoms with E-state index in [1.165, 1.54) is 4.88 Å². The largest absolute Gasteiger partial charge is 0.491 e. The van der Waals surface area contributed by atoms with Crippen molar-refractivity contribution in [2.24, 2.45) is 0 Å². The summed E-state index contributed by atoms with van der Waals surface area (Å²) in [6.45, 7) is 1.44. The summed E-state index contributed by atoms with van der Waals surface area (Å²) < 4.78 is 10.8. The second kappa shape index (κ2) is 5.35. The SMILES string of the molecule is c1csc(-c2cnc(-c3ccc(OCC4CO4)cc3)[nH]2)c1. The van der Waals surface area contributed by atoms with Crippen LogP contribution in [0.4, 0.5) is 0 Å². The second-order valence-electron chi connectivity index (χ2n) is 4.91. The zero-order valence-corrected chi connectivity index (χ0v) is 12.1. The third kappa shape index (κ3) is 2.84. The first-order valence-corrected chi connectivity index (χ1v) is 7.70. The molecule has 3 aromatic rings. The first kappa shape index (κ1) is 12.6. The number of ether oxygens (including phenoxy) is 2. The van der Waals surface area contributed by atoms with Crippen LogP contribution < -0.4 is 4.74 Å². The maximum absolute atomic E-state index is 5.63. The summed E-state index contributed by atoms with van der Waals surface area (Å²) in [7, 11) is 0. The van der Waals surface area contributed by atoms with Crippen LogP contribution in [-0.2, 0) is 4.74 Å². The lowest BCUT2D eigenvalue weighted by molar-refractivity contribution is 0.263. The van der Waals surface area contributed by atoms with Crippen LogP contribution in [0.2, 0.25) is 0 Å². The Bertz CT molecular complexity index is 715. The van der Waals surface area contributed by atoms with Crippen molar-refractivity contribution in [1.82, 2.24) is 9.97 Å². The van der Waals surface area contributed by atoms with Crippen molar-refractivity contribution in [2.75, 3.05) is 13.2 Å². The fourth-order valence-electron chi connectivity index (χ4n) is 2.09. The molecule has 0 aliphatic carbocycles. The summed E-state index contributed by atoms with van der Waals surface area (Å²) in [5.74, 6) is 1.73. The molecule has 1 N–H and O–H groups in total. The maximum atomic E-state index is 5.63. The van der Waals surface area contributed by atoms with E-state index in [-0.39, 0.29) is 6.10 Å². The van der Waals surface area contributed by atoms with Crippen LogP contribution in [0.1, 0.15) is 0 Å². The van der Waals surface area contributed by atoms with Crippen LogP contribution >= 0.6 is 11.3 Å². The second-order valence-corrected chi connectivity index (χ2v) is 5.86. The molecule has 1 fully saturated rings. The predicted molar refractivity (Wildman–Crippen MR) is 82.6 cm³/mol. The molecule has 0 radical (unpaired) electrons. The zero-order chi connectivity index (χ0) is 14.1. The van der Waals surface area contributed by atoms with Gasteiger partial charge in [0.15, 0.2) is 0 Å². The van der Waals surface area contributed by atoms with Gasteiger partial charge in [-0.05, 0) is 35.7 Å². The predicted octanol–water partition coefficient (Wildman–Crippen LogP) is 3.58. The third-order valence-corrected chi connectivity index (χ3v) is 4.23. The number of hydrogen-bond acceptors (Lipinski definition) is 4. The molecule has 1 unspecified atom stereocenters. The van der Waals surface area contributed by atoms with Gasteiger partial charge in [0.25, 0.3) is 0 Å². The number of hydrogen-bond donors (Lipinski definition) is 1. The molecular weight excluding hydrogens is 284 g/mol. The van der Waals surface area contributed by atoms with E-state index in [9.17, 15) is 0 Å². The Morgan fingerprint density at radius 1 is 1.29 bits per heavy atom. The van der Waals surface area contributed by atoms with E-state index in [0.29, 0.717) is 6.61 Å². The van der Waals surface area contributed by atoms with Crippen molar-refractivity contribution in [1.29, 1.82) is 0 Å². The summed E-state index contributed by atoms with van der Waals surface area (Å²) in [5.41, 5.74) is 2.10. The molecule has 0 spiro atoms. The van der Waals surface area contributed by atoms with Crippen molar-refractivity contribution in [2.45, 2.75) is 6.10 Å². The van der Waals surface area contributed by atoms with Gasteiger partial charge in [0.2, 0.25) is 0 Å². The van der Waals surface area contributed by atoms with Crippen LogP contribution in [0.15, 0.2) is 48.0 Å². The number of imidazole rings is 1. The summed E-state index contributed by atoms with van der Waals surface area (Å²) in [6, 6.07) is 12.1. The van der Waals surface area contributed by atoms with Crippen LogP contribution in [0.5, 0.6) is 5.75 Å². The van der Waals surface area contributed by atoms with Gasteiger partial charge in [-0.2, -0.15) is 0 Å². The van der Waals surface area contributed by atoms with Crippen LogP contribution in [0, 0.1) is 0 Å². The van der Waals surface area contributed by atoms with E-state index < -0.39 is 0 Å². The summed E-state index contributed by atoms with van der Waals surface area (Å²) in [4.78, 5) is 8.99. The quantitative estimate of drug-likeness (QED) is 0.732. The minimum absolute atomic E-state index is 0.281. The Labute approximate surface area is 126 Å². The van der Waals surface area contributed by atoms with Crippen LogP contribution in [0.3, 0.4) is 0 Å². The molecule has 5 heteroatoms. The Hall–Kier alpha value is -2.11. The van der Waals surface area contributed by atoms with Gasteiger partial charge in [0.05, 0.1) is 23.4 Å². The minimum Gasteiger partial charge on any atom is -0.491 e. The third-order valence-electron chi connectivity index (χ3n) is 3.33. The number of H-pyrrole nitrogens is 1. The molecular formula is C16H14N2O2S. The standard InChI is InChI=1S/C16H14N2O2S/c1-2-15(21-7-1)14-8-17-16(18-14)11-3-5-12(6-4-11)19-9-13-10-20-13/h1-8,13H,9-10H2,(H,17,18). The summed E-state index contributed by atoms with van der Waals surface area (Å²) in [6.07, 6.45) is 2.15. The summed E-state index contributed by atoms with van der Waals surface area (Å²) in [5, 5.41) is 2.06. The lowest BCUT2D eigenvalue weighted by Gasteiger charge is -2.04. The van der Waals surface area contributed by atoms with Crippen molar-refractivity contribution in [3.63, 3.8) is 0 Å². The van der Waals surface area contributed by atoms with Crippen molar-refractivity contribution in [3.05, 3.63) is 48.0 Å². The molecule has 4 nitrogen and oxygen atoms in total. The number of thiophene rings is 1. The molecule has 4 rings (SSSR count). The molecule has 1 saturated heterocycles. The van der Waals surface area contributed by atoms with Gasteiger partial charge < -0.3 is 14.5 Å². The van der Waals surface area contributed by atoms with Crippen LogP contribution in [0.25, 0.3) is 22.0 Å². The smallest absolute Gasteiger partial charge is 0.137 e. The number of benzene rings is 1. The Kier molecular flexibility index (Phi) is 3.21. The van der Waals surface area contributed by atoms with Gasteiger partial charge in [-0.15, -0.1) is 11.3 Å². The Morgan fingerprint density at radius 2 is 2.14 bits per heavy atom.